The van der Waals surface area contributed by atoms with Crippen LogP contribution in [0.4, 0.5) is 4.39 Å². The number of benzene rings is 2. The number of hydrogen-bond donors (Lipinski definition) is 0. The van der Waals surface area contributed by atoms with Crippen LogP contribution in [0, 0.1) is 5.82 Å². The molecule has 16 heavy (non-hydrogen) atoms. The van der Waals surface area contributed by atoms with Gasteiger partial charge in [0.2, 0.25) is 0 Å². The molecule has 0 aliphatic rings. The van der Waals surface area contributed by atoms with Crippen molar-refractivity contribution in [3.05, 3.63) is 40.6 Å². The third kappa shape index (κ3) is 2.07. The maximum atomic E-state index is 13.9. The van der Waals surface area contributed by atoms with Crippen LogP contribution < -0.4 is 4.74 Å². The predicted octanol–water partition coefficient (Wildman–Crippen LogP) is 3.67. The minimum atomic E-state index is -0.534. The van der Waals surface area contributed by atoms with E-state index in [0.29, 0.717) is 5.39 Å². The van der Waals surface area contributed by atoms with Gasteiger partial charge in [0.15, 0.2) is 11.6 Å². The molecule has 0 amide bonds. The van der Waals surface area contributed by atoms with E-state index in [4.69, 9.17) is 4.74 Å². The molecule has 0 aromatic heterocycles. The fraction of sp³-hybridized carbons (Fsp3) is 0.0833. The molecule has 4 heteroatoms. The van der Waals surface area contributed by atoms with Gasteiger partial charge in [-0.1, -0.05) is 28.1 Å². The van der Waals surface area contributed by atoms with Gasteiger partial charge in [-0.25, -0.2) is 4.39 Å². The molecule has 0 saturated heterocycles. The molecule has 0 heterocycles. The summed E-state index contributed by atoms with van der Waals surface area (Å²) >= 11 is 3.27. The Morgan fingerprint density at radius 3 is 2.69 bits per heavy atom. The topological polar surface area (TPSA) is 26.3 Å². The van der Waals surface area contributed by atoms with E-state index in [1.165, 1.54) is 13.0 Å². The molecule has 0 N–H and O–H groups in total. The number of carbonyl (C=O) groups is 1. The third-order valence-electron chi connectivity index (χ3n) is 2.14. The normalized spacial score (nSPS) is 10.4. The average Bonchev–Trinajstić information content (AvgIpc) is 2.22. The molecule has 2 aromatic carbocycles. The molecule has 2 nitrogen and oxygen atoms in total. The Kier molecular flexibility index (Phi) is 2.92. The quantitative estimate of drug-likeness (QED) is 0.589. The SMILES string of the molecule is CC(=O)Oc1ccc2ccc(Br)cc2c1F. The molecule has 0 saturated carbocycles. The lowest BCUT2D eigenvalue weighted by Crippen LogP contribution is -2.03. The zero-order valence-electron chi connectivity index (χ0n) is 8.46. The summed E-state index contributed by atoms with van der Waals surface area (Å²) in [7, 11) is 0. The van der Waals surface area contributed by atoms with Crippen molar-refractivity contribution < 1.29 is 13.9 Å². The Hall–Kier alpha value is -1.42. The van der Waals surface area contributed by atoms with Crippen molar-refractivity contribution in [1.82, 2.24) is 0 Å². The Morgan fingerprint density at radius 1 is 1.31 bits per heavy atom. The van der Waals surface area contributed by atoms with Gasteiger partial charge < -0.3 is 4.74 Å². The van der Waals surface area contributed by atoms with Crippen molar-refractivity contribution >= 4 is 32.7 Å². The Labute approximate surface area is 100 Å². The van der Waals surface area contributed by atoms with Crippen molar-refractivity contribution in [3.8, 4) is 5.75 Å². The predicted molar refractivity (Wildman–Crippen MR) is 62.9 cm³/mol. The molecule has 0 aliphatic carbocycles. The van der Waals surface area contributed by atoms with Gasteiger partial charge in [-0.3, -0.25) is 4.79 Å². The summed E-state index contributed by atoms with van der Waals surface area (Å²) < 4.78 is 19.5. The Bertz CT molecular complexity index is 566. The second-order valence-electron chi connectivity index (χ2n) is 3.34. The first-order valence-corrected chi connectivity index (χ1v) is 5.43. The molecule has 2 aromatic rings. The molecule has 0 atom stereocenters. The fourth-order valence-corrected chi connectivity index (χ4v) is 1.83. The largest absolute Gasteiger partial charge is 0.424 e. The third-order valence-corrected chi connectivity index (χ3v) is 2.63. The lowest BCUT2D eigenvalue weighted by atomic mass is 10.1. The van der Waals surface area contributed by atoms with Crippen LogP contribution in [0.5, 0.6) is 5.75 Å². The minimum Gasteiger partial charge on any atom is -0.424 e. The standard InChI is InChI=1S/C12H8BrFO2/c1-7(15)16-11-5-3-8-2-4-9(13)6-10(8)12(11)14/h2-6H,1H3. The van der Waals surface area contributed by atoms with Crippen molar-refractivity contribution in [1.29, 1.82) is 0 Å². The number of ether oxygens (including phenoxy) is 1. The number of carbonyl (C=O) groups excluding carboxylic acids is 1. The summed E-state index contributed by atoms with van der Waals surface area (Å²) in [6.45, 7) is 1.24. The van der Waals surface area contributed by atoms with Gasteiger partial charge in [-0.05, 0) is 23.6 Å². The van der Waals surface area contributed by atoms with Crippen LogP contribution >= 0.6 is 15.9 Å². The molecular weight excluding hydrogens is 275 g/mol. The highest BCUT2D eigenvalue weighted by atomic mass is 79.9. The van der Waals surface area contributed by atoms with Gasteiger partial charge >= 0.3 is 5.97 Å². The molecule has 0 unspecified atom stereocenters. The molecule has 2 rings (SSSR count). The zero-order valence-corrected chi connectivity index (χ0v) is 10.0. The molecule has 0 radical (unpaired) electrons. The molecule has 0 fully saturated rings. The van der Waals surface area contributed by atoms with E-state index in [9.17, 15) is 9.18 Å². The smallest absolute Gasteiger partial charge is 0.308 e. The second kappa shape index (κ2) is 4.22. The zero-order chi connectivity index (χ0) is 11.7. The summed E-state index contributed by atoms with van der Waals surface area (Å²) in [5.41, 5.74) is 0. The first kappa shape index (κ1) is 11.1. The van der Waals surface area contributed by atoms with Gasteiger partial charge in [-0.15, -0.1) is 0 Å². The highest BCUT2D eigenvalue weighted by molar-refractivity contribution is 9.10. The van der Waals surface area contributed by atoms with Crippen molar-refractivity contribution in [2.24, 2.45) is 0 Å². The highest BCUT2D eigenvalue weighted by Gasteiger charge is 2.10. The van der Waals surface area contributed by atoms with E-state index in [0.717, 1.165) is 9.86 Å². The highest BCUT2D eigenvalue weighted by Crippen LogP contribution is 2.28. The van der Waals surface area contributed by atoms with Crippen LogP contribution in [0.15, 0.2) is 34.8 Å². The van der Waals surface area contributed by atoms with Gasteiger partial charge in [0.1, 0.15) is 0 Å². The van der Waals surface area contributed by atoms with Gasteiger partial charge in [0, 0.05) is 16.8 Å². The number of halogens is 2. The maximum absolute atomic E-state index is 13.9. The molecule has 0 bridgehead atoms. The van der Waals surface area contributed by atoms with Crippen molar-refractivity contribution in [2.45, 2.75) is 6.92 Å². The van der Waals surface area contributed by atoms with E-state index < -0.39 is 11.8 Å². The van der Waals surface area contributed by atoms with E-state index in [1.54, 1.807) is 18.2 Å². The molecular formula is C12H8BrFO2. The number of rotatable bonds is 1. The van der Waals surface area contributed by atoms with Crippen molar-refractivity contribution in [2.75, 3.05) is 0 Å². The van der Waals surface area contributed by atoms with Gasteiger partial charge in [0.25, 0.3) is 0 Å². The summed E-state index contributed by atoms with van der Waals surface area (Å²) in [5, 5.41) is 1.18. The van der Waals surface area contributed by atoms with E-state index in [2.05, 4.69) is 15.9 Å². The molecule has 0 spiro atoms. The first-order valence-electron chi connectivity index (χ1n) is 4.64. The summed E-state index contributed by atoms with van der Waals surface area (Å²) in [5.74, 6) is -1.10. The number of fused-ring (bicyclic) bond motifs is 1. The van der Waals surface area contributed by atoms with E-state index in [1.807, 2.05) is 6.07 Å². The van der Waals surface area contributed by atoms with E-state index in [-0.39, 0.29) is 5.75 Å². The van der Waals surface area contributed by atoms with Crippen LogP contribution in [-0.4, -0.2) is 5.97 Å². The molecule has 0 aliphatic heterocycles. The Balaban J connectivity index is 2.63. The van der Waals surface area contributed by atoms with Crippen LogP contribution in [-0.2, 0) is 4.79 Å². The molecule has 82 valence electrons. The average molecular weight is 283 g/mol. The number of esters is 1. The lowest BCUT2D eigenvalue weighted by molar-refractivity contribution is -0.132. The second-order valence-corrected chi connectivity index (χ2v) is 4.25. The first-order chi connectivity index (χ1) is 7.58. The lowest BCUT2D eigenvalue weighted by Gasteiger charge is -2.06. The summed E-state index contributed by atoms with van der Waals surface area (Å²) in [4.78, 5) is 10.8. The van der Waals surface area contributed by atoms with Crippen LogP contribution in [0.2, 0.25) is 0 Å². The number of hydrogen-bond acceptors (Lipinski definition) is 2. The maximum Gasteiger partial charge on any atom is 0.308 e. The Morgan fingerprint density at radius 2 is 2.00 bits per heavy atom. The van der Waals surface area contributed by atoms with Crippen LogP contribution in [0.25, 0.3) is 10.8 Å². The van der Waals surface area contributed by atoms with Crippen LogP contribution in [0.1, 0.15) is 6.92 Å². The monoisotopic (exact) mass is 282 g/mol. The minimum absolute atomic E-state index is 0.0434. The van der Waals surface area contributed by atoms with Crippen molar-refractivity contribution in [3.63, 3.8) is 0 Å². The summed E-state index contributed by atoms with van der Waals surface area (Å²) in [6.07, 6.45) is 0. The van der Waals surface area contributed by atoms with Gasteiger partial charge in [-0.2, -0.15) is 0 Å². The van der Waals surface area contributed by atoms with Gasteiger partial charge in [0.05, 0.1) is 0 Å². The summed E-state index contributed by atoms with van der Waals surface area (Å²) in [6, 6.07) is 8.43. The fourth-order valence-electron chi connectivity index (χ4n) is 1.47. The van der Waals surface area contributed by atoms with E-state index >= 15 is 0 Å². The van der Waals surface area contributed by atoms with Crippen LogP contribution in [0.3, 0.4) is 0 Å².